The Morgan fingerprint density at radius 1 is 0.622 bits per heavy atom. The zero-order chi connectivity index (χ0) is 29.6. The standard InChI is InChI=1S/C41H28N4/c1-25-11-9-14-28(23-25)38-31-22-21-27(26-12-3-2-4-13-26)24-33(31)42-41(43-38)45-35-18-8-7-17-32(35)37-39-30-16-6-5-15-29(30)34-19-10-20-36(40(37)45)44(34)39/h2-22,24-25H,23H2,1H3. The normalized spacial score (nSPS) is 15.4. The van der Waals surface area contributed by atoms with Crippen molar-refractivity contribution in [2.24, 2.45) is 5.92 Å². The minimum atomic E-state index is 0.454. The van der Waals surface area contributed by atoms with Crippen molar-refractivity contribution in [2.45, 2.75) is 13.3 Å². The van der Waals surface area contributed by atoms with Gasteiger partial charge in [-0.15, -0.1) is 0 Å². The van der Waals surface area contributed by atoms with Gasteiger partial charge in [0.05, 0.1) is 38.8 Å². The molecule has 0 fully saturated rings. The Morgan fingerprint density at radius 2 is 1.38 bits per heavy atom. The minimum absolute atomic E-state index is 0.454. The van der Waals surface area contributed by atoms with E-state index in [4.69, 9.17) is 9.97 Å². The van der Waals surface area contributed by atoms with Gasteiger partial charge in [0.2, 0.25) is 5.95 Å². The molecule has 45 heavy (non-hydrogen) atoms. The Morgan fingerprint density at radius 3 is 2.24 bits per heavy atom. The first-order chi connectivity index (χ1) is 22.2. The number of hydrogen-bond donors (Lipinski definition) is 0. The van der Waals surface area contributed by atoms with Crippen molar-refractivity contribution in [3.63, 3.8) is 0 Å². The van der Waals surface area contributed by atoms with Gasteiger partial charge in [-0.2, -0.15) is 0 Å². The van der Waals surface area contributed by atoms with E-state index in [1.54, 1.807) is 0 Å². The fraction of sp³-hybridized carbons (Fsp3) is 0.0732. The van der Waals surface area contributed by atoms with E-state index in [9.17, 15) is 0 Å². The molecule has 5 heterocycles. The highest BCUT2D eigenvalue weighted by Gasteiger charge is 2.26. The summed E-state index contributed by atoms with van der Waals surface area (Å²) >= 11 is 0. The molecule has 5 aromatic heterocycles. The molecule has 4 aromatic carbocycles. The minimum Gasteiger partial charge on any atom is -0.306 e. The van der Waals surface area contributed by atoms with Gasteiger partial charge in [-0.05, 0) is 53.3 Å². The Kier molecular flexibility index (Phi) is 5.01. The van der Waals surface area contributed by atoms with Crippen LogP contribution in [0, 0.1) is 5.92 Å². The highest BCUT2D eigenvalue weighted by Crippen LogP contribution is 2.44. The first-order valence-corrected chi connectivity index (χ1v) is 15.7. The van der Waals surface area contributed by atoms with E-state index in [0.29, 0.717) is 11.9 Å². The maximum atomic E-state index is 5.45. The van der Waals surface area contributed by atoms with Crippen LogP contribution in [0.15, 0.2) is 133 Å². The number of fused-ring (bicyclic) bond motifs is 9. The van der Waals surface area contributed by atoms with Crippen LogP contribution >= 0.6 is 0 Å². The van der Waals surface area contributed by atoms with Crippen LogP contribution in [0.2, 0.25) is 0 Å². The second-order valence-electron chi connectivity index (χ2n) is 12.3. The molecule has 9 aromatic rings. The van der Waals surface area contributed by atoms with Crippen molar-refractivity contribution in [1.82, 2.24) is 18.9 Å². The van der Waals surface area contributed by atoms with Gasteiger partial charge in [0, 0.05) is 26.9 Å². The average molecular weight is 577 g/mol. The van der Waals surface area contributed by atoms with Gasteiger partial charge >= 0.3 is 0 Å². The molecule has 212 valence electrons. The Labute approximate surface area is 259 Å². The first-order valence-electron chi connectivity index (χ1n) is 15.7. The summed E-state index contributed by atoms with van der Waals surface area (Å²) in [5.41, 5.74) is 11.5. The third kappa shape index (κ3) is 3.42. The summed E-state index contributed by atoms with van der Waals surface area (Å²) in [6.07, 6.45) is 7.63. The zero-order valence-electron chi connectivity index (χ0n) is 24.8. The smallest absolute Gasteiger partial charge is 0.235 e. The molecule has 4 nitrogen and oxygen atoms in total. The van der Waals surface area contributed by atoms with Crippen molar-refractivity contribution < 1.29 is 0 Å². The largest absolute Gasteiger partial charge is 0.306 e. The summed E-state index contributed by atoms with van der Waals surface area (Å²) in [5, 5.41) is 6.10. The van der Waals surface area contributed by atoms with Gasteiger partial charge in [-0.1, -0.05) is 116 Å². The molecule has 0 N–H and O–H groups in total. The van der Waals surface area contributed by atoms with Crippen LogP contribution in [0.5, 0.6) is 0 Å². The highest BCUT2D eigenvalue weighted by atomic mass is 15.2. The van der Waals surface area contributed by atoms with E-state index in [1.807, 2.05) is 0 Å². The Bertz CT molecular complexity index is 2690. The molecule has 0 saturated heterocycles. The lowest BCUT2D eigenvalue weighted by Gasteiger charge is -2.18. The molecule has 0 spiro atoms. The van der Waals surface area contributed by atoms with Crippen LogP contribution in [0.4, 0.5) is 0 Å². The molecule has 4 heteroatoms. The monoisotopic (exact) mass is 576 g/mol. The predicted molar refractivity (Wildman–Crippen MR) is 187 cm³/mol. The fourth-order valence-corrected chi connectivity index (χ4v) is 7.65. The summed E-state index contributed by atoms with van der Waals surface area (Å²) in [6, 6.07) is 41.3. The predicted octanol–water partition coefficient (Wildman–Crippen LogP) is 10.4. The molecule has 0 saturated carbocycles. The van der Waals surface area contributed by atoms with Crippen LogP contribution in [-0.4, -0.2) is 18.9 Å². The van der Waals surface area contributed by atoms with Crippen LogP contribution in [0.3, 0.4) is 0 Å². The number of para-hydroxylation sites is 1. The van der Waals surface area contributed by atoms with E-state index in [-0.39, 0.29) is 0 Å². The Balaban J connectivity index is 1.36. The van der Waals surface area contributed by atoms with Gasteiger partial charge < -0.3 is 4.40 Å². The molecule has 1 atom stereocenters. The lowest BCUT2D eigenvalue weighted by Crippen LogP contribution is -2.07. The third-order valence-electron chi connectivity index (χ3n) is 9.60. The Hall–Kier alpha value is -5.74. The number of allylic oxidation sites excluding steroid dienone is 4. The summed E-state index contributed by atoms with van der Waals surface area (Å²) in [6.45, 7) is 2.27. The van der Waals surface area contributed by atoms with Crippen molar-refractivity contribution in [3.05, 3.63) is 139 Å². The molecular formula is C41H28N4. The van der Waals surface area contributed by atoms with E-state index in [2.05, 4.69) is 149 Å². The SMILES string of the molecule is CC1C=CC=C(c2nc(-n3c4ccccc4c4c3c3cccc5c6ccccc6c4n53)nc3cc(-c4ccccc4)ccc23)C1. The van der Waals surface area contributed by atoms with Gasteiger partial charge in [0.25, 0.3) is 0 Å². The van der Waals surface area contributed by atoms with Crippen LogP contribution in [0.1, 0.15) is 19.0 Å². The molecule has 1 unspecified atom stereocenters. The van der Waals surface area contributed by atoms with Crippen molar-refractivity contribution in [2.75, 3.05) is 0 Å². The summed E-state index contributed by atoms with van der Waals surface area (Å²) in [7, 11) is 0. The van der Waals surface area contributed by atoms with Gasteiger partial charge in [-0.3, -0.25) is 4.57 Å². The van der Waals surface area contributed by atoms with E-state index < -0.39 is 0 Å². The molecule has 0 aliphatic heterocycles. The van der Waals surface area contributed by atoms with Crippen molar-refractivity contribution >= 4 is 65.6 Å². The summed E-state index contributed by atoms with van der Waals surface area (Å²) in [5.74, 6) is 1.16. The molecule has 10 rings (SSSR count). The molecule has 0 bridgehead atoms. The second kappa shape index (κ2) is 9.13. The van der Waals surface area contributed by atoms with Crippen molar-refractivity contribution in [3.8, 4) is 17.1 Å². The lowest BCUT2D eigenvalue weighted by atomic mass is 9.92. The number of rotatable bonds is 3. The molecule has 0 radical (unpaired) electrons. The van der Waals surface area contributed by atoms with Crippen LogP contribution in [-0.2, 0) is 0 Å². The van der Waals surface area contributed by atoms with Gasteiger partial charge in [-0.25, -0.2) is 9.97 Å². The van der Waals surface area contributed by atoms with Crippen molar-refractivity contribution in [1.29, 1.82) is 0 Å². The molecular weight excluding hydrogens is 548 g/mol. The number of benzene rings is 4. The zero-order valence-corrected chi connectivity index (χ0v) is 24.8. The topological polar surface area (TPSA) is 35.1 Å². The number of aromatic nitrogens is 4. The average Bonchev–Trinajstić information content (AvgIpc) is 3.73. The van der Waals surface area contributed by atoms with Crippen LogP contribution in [0.25, 0.3) is 82.7 Å². The maximum Gasteiger partial charge on any atom is 0.235 e. The maximum absolute atomic E-state index is 5.45. The van der Waals surface area contributed by atoms with E-state index in [0.717, 1.165) is 39.6 Å². The lowest BCUT2D eigenvalue weighted by molar-refractivity contribution is 0.746. The van der Waals surface area contributed by atoms with Gasteiger partial charge in [0.1, 0.15) is 0 Å². The molecule has 1 aliphatic rings. The third-order valence-corrected chi connectivity index (χ3v) is 9.60. The fourth-order valence-electron chi connectivity index (χ4n) is 7.65. The molecule has 0 amide bonds. The van der Waals surface area contributed by atoms with Crippen LogP contribution < -0.4 is 0 Å². The second-order valence-corrected chi connectivity index (χ2v) is 12.3. The number of nitrogens with zero attached hydrogens (tertiary/aromatic N) is 4. The first kappa shape index (κ1) is 24.7. The van der Waals surface area contributed by atoms with E-state index in [1.165, 1.54) is 49.2 Å². The van der Waals surface area contributed by atoms with E-state index >= 15 is 0 Å². The molecule has 1 aliphatic carbocycles. The number of pyridine rings is 1. The number of hydrogen-bond acceptors (Lipinski definition) is 2. The quantitative estimate of drug-likeness (QED) is 0.210. The highest BCUT2D eigenvalue weighted by molar-refractivity contribution is 6.30. The van der Waals surface area contributed by atoms with Gasteiger partial charge in [0.15, 0.2) is 0 Å². The summed E-state index contributed by atoms with van der Waals surface area (Å²) < 4.78 is 4.74. The summed E-state index contributed by atoms with van der Waals surface area (Å²) in [4.78, 5) is 10.8.